The van der Waals surface area contributed by atoms with Crippen LogP contribution in [0.5, 0.6) is 11.5 Å². The molecule has 1 heterocycles. The van der Waals surface area contributed by atoms with Crippen molar-refractivity contribution in [1.29, 1.82) is 0 Å². The van der Waals surface area contributed by atoms with Crippen molar-refractivity contribution in [1.82, 2.24) is 5.32 Å². The Bertz CT molecular complexity index is 832. The first-order valence-corrected chi connectivity index (χ1v) is 10.2. The molecule has 1 aromatic carbocycles. The topological polar surface area (TPSA) is 73.9 Å². The first kappa shape index (κ1) is 20.2. The van der Waals surface area contributed by atoms with Gasteiger partial charge in [-0.25, -0.2) is 4.79 Å². The number of hydrogen-bond donors (Lipinski definition) is 1. The number of methoxy groups -OCH3 is 1. The maximum absolute atomic E-state index is 12.2. The Labute approximate surface area is 168 Å². The highest BCUT2D eigenvalue weighted by Crippen LogP contribution is 2.32. The number of nitrogens with one attached hydrogen (secondary N) is 1. The average Bonchev–Trinajstić information content (AvgIpc) is 3.13. The number of aryl methyl sites for hydroxylation is 1. The molecular formula is C21H25NO5S. The molecule has 0 saturated heterocycles. The minimum Gasteiger partial charge on any atom is -0.493 e. The number of esters is 1. The molecule has 0 bridgehead atoms. The normalized spacial score (nSPS) is 15.4. The lowest BCUT2D eigenvalue weighted by Gasteiger charge is -2.16. The summed E-state index contributed by atoms with van der Waals surface area (Å²) in [6.07, 6.45) is 3.17. The molecule has 2 aromatic rings. The molecule has 0 fully saturated rings. The van der Waals surface area contributed by atoms with E-state index in [0.29, 0.717) is 28.8 Å². The number of rotatable bonds is 8. The lowest BCUT2D eigenvalue weighted by molar-refractivity contribution is -0.124. The number of carbonyl (C=O) groups excluding carboxylic acids is 2. The summed E-state index contributed by atoms with van der Waals surface area (Å²) in [4.78, 5) is 25.9. The van der Waals surface area contributed by atoms with Gasteiger partial charge < -0.3 is 19.5 Å². The fourth-order valence-corrected chi connectivity index (χ4v) is 4.25. The van der Waals surface area contributed by atoms with Crippen LogP contribution in [0.15, 0.2) is 30.3 Å². The van der Waals surface area contributed by atoms with Gasteiger partial charge in [0.05, 0.1) is 13.7 Å². The zero-order valence-corrected chi connectivity index (χ0v) is 17.0. The van der Waals surface area contributed by atoms with Crippen molar-refractivity contribution in [2.75, 3.05) is 26.9 Å². The molecule has 28 heavy (non-hydrogen) atoms. The molecule has 0 saturated carbocycles. The summed E-state index contributed by atoms with van der Waals surface area (Å²) in [6.45, 7) is 2.52. The van der Waals surface area contributed by atoms with E-state index in [4.69, 9.17) is 14.2 Å². The van der Waals surface area contributed by atoms with E-state index in [0.717, 1.165) is 19.3 Å². The van der Waals surface area contributed by atoms with E-state index in [-0.39, 0.29) is 19.1 Å². The van der Waals surface area contributed by atoms with Crippen molar-refractivity contribution in [2.45, 2.75) is 26.2 Å². The molecule has 0 unspecified atom stereocenters. The SMILES string of the molecule is COc1ccccc1OCCNC(=O)COC(=O)c1cc2c(s1)CC[C@H](C)C2. The van der Waals surface area contributed by atoms with E-state index in [1.165, 1.54) is 21.8 Å². The Hall–Kier alpha value is -2.54. The highest BCUT2D eigenvalue weighted by Gasteiger charge is 2.21. The molecule has 1 aromatic heterocycles. The Kier molecular flexibility index (Phi) is 6.92. The number of para-hydroxylation sites is 2. The minimum atomic E-state index is -0.438. The molecule has 1 atom stereocenters. The maximum Gasteiger partial charge on any atom is 0.348 e. The lowest BCUT2D eigenvalue weighted by Crippen LogP contribution is -2.32. The van der Waals surface area contributed by atoms with Gasteiger partial charge in [0.15, 0.2) is 18.1 Å². The molecule has 0 radical (unpaired) electrons. The van der Waals surface area contributed by atoms with Crippen molar-refractivity contribution in [3.05, 3.63) is 45.6 Å². The van der Waals surface area contributed by atoms with Gasteiger partial charge >= 0.3 is 5.97 Å². The van der Waals surface area contributed by atoms with Crippen LogP contribution in [0.25, 0.3) is 0 Å². The monoisotopic (exact) mass is 403 g/mol. The third-order valence-corrected chi connectivity index (χ3v) is 5.83. The van der Waals surface area contributed by atoms with Gasteiger partial charge in [0.2, 0.25) is 0 Å². The van der Waals surface area contributed by atoms with Crippen LogP contribution < -0.4 is 14.8 Å². The van der Waals surface area contributed by atoms with E-state index in [1.54, 1.807) is 19.2 Å². The Balaban J connectivity index is 1.38. The van der Waals surface area contributed by atoms with E-state index in [9.17, 15) is 9.59 Å². The molecule has 7 heteroatoms. The molecule has 3 rings (SSSR count). The smallest absolute Gasteiger partial charge is 0.348 e. The lowest BCUT2D eigenvalue weighted by atomic mass is 9.90. The van der Waals surface area contributed by atoms with Crippen molar-refractivity contribution in [3.63, 3.8) is 0 Å². The molecule has 1 N–H and O–H groups in total. The van der Waals surface area contributed by atoms with Crippen LogP contribution in [0.1, 0.15) is 33.5 Å². The zero-order valence-electron chi connectivity index (χ0n) is 16.2. The molecule has 6 nitrogen and oxygen atoms in total. The standard InChI is InChI=1S/C21H25NO5S/c1-14-7-8-18-15(11-14)12-19(28-18)21(24)27-13-20(23)22-9-10-26-17-6-4-3-5-16(17)25-2/h3-6,12,14H,7-11,13H2,1-2H3,(H,22,23)/t14-/m0/s1. The minimum absolute atomic E-state index is 0.288. The first-order chi connectivity index (χ1) is 13.6. The van der Waals surface area contributed by atoms with Crippen molar-refractivity contribution in [3.8, 4) is 11.5 Å². The number of amides is 1. The molecule has 150 valence electrons. The van der Waals surface area contributed by atoms with Gasteiger partial charge in [0.1, 0.15) is 11.5 Å². The predicted molar refractivity (Wildman–Crippen MR) is 107 cm³/mol. The quantitative estimate of drug-likeness (QED) is 0.541. The van der Waals surface area contributed by atoms with Crippen LogP contribution in [-0.4, -0.2) is 38.7 Å². The molecule has 1 aliphatic carbocycles. The van der Waals surface area contributed by atoms with E-state index >= 15 is 0 Å². The second-order valence-electron chi connectivity index (χ2n) is 6.83. The molecule has 1 aliphatic rings. The number of carbonyl (C=O) groups is 2. The third kappa shape index (κ3) is 5.25. The third-order valence-electron chi connectivity index (χ3n) is 4.62. The second kappa shape index (κ2) is 9.59. The fourth-order valence-electron chi connectivity index (χ4n) is 3.15. The summed E-state index contributed by atoms with van der Waals surface area (Å²) in [5.41, 5.74) is 1.24. The molecule has 0 spiro atoms. The van der Waals surface area contributed by atoms with Crippen molar-refractivity contribution < 1.29 is 23.8 Å². The van der Waals surface area contributed by atoms with Crippen LogP contribution >= 0.6 is 11.3 Å². The summed E-state index contributed by atoms with van der Waals surface area (Å²) in [7, 11) is 1.57. The van der Waals surface area contributed by atoms with E-state index < -0.39 is 5.97 Å². The Morgan fingerprint density at radius 2 is 2.04 bits per heavy atom. The maximum atomic E-state index is 12.2. The molecule has 1 amide bonds. The van der Waals surface area contributed by atoms with Gasteiger partial charge in [-0.05, 0) is 48.9 Å². The van der Waals surface area contributed by atoms with Crippen LogP contribution in [0.3, 0.4) is 0 Å². The van der Waals surface area contributed by atoms with Gasteiger partial charge in [-0.1, -0.05) is 19.1 Å². The summed E-state index contributed by atoms with van der Waals surface area (Å²) in [6, 6.07) is 9.21. The number of ether oxygens (including phenoxy) is 3. The van der Waals surface area contributed by atoms with Gasteiger partial charge in [-0.2, -0.15) is 0 Å². The highest BCUT2D eigenvalue weighted by molar-refractivity contribution is 7.14. The van der Waals surface area contributed by atoms with Crippen LogP contribution in [0, 0.1) is 5.92 Å². The Morgan fingerprint density at radius 1 is 1.25 bits per heavy atom. The number of fused-ring (bicyclic) bond motifs is 1. The fraction of sp³-hybridized carbons (Fsp3) is 0.429. The van der Waals surface area contributed by atoms with Crippen LogP contribution in [0.4, 0.5) is 0 Å². The van der Waals surface area contributed by atoms with Gasteiger partial charge in [-0.15, -0.1) is 11.3 Å². The van der Waals surface area contributed by atoms with Gasteiger partial charge in [0, 0.05) is 4.88 Å². The van der Waals surface area contributed by atoms with Crippen LogP contribution in [-0.2, 0) is 22.4 Å². The highest BCUT2D eigenvalue weighted by atomic mass is 32.1. The Morgan fingerprint density at radius 3 is 2.82 bits per heavy atom. The number of benzene rings is 1. The number of hydrogen-bond acceptors (Lipinski definition) is 6. The molecule has 0 aliphatic heterocycles. The summed E-state index contributed by atoms with van der Waals surface area (Å²) < 4.78 is 15.9. The van der Waals surface area contributed by atoms with Gasteiger partial charge in [0.25, 0.3) is 5.91 Å². The summed E-state index contributed by atoms with van der Waals surface area (Å²) in [5, 5.41) is 2.67. The first-order valence-electron chi connectivity index (χ1n) is 9.38. The van der Waals surface area contributed by atoms with E-state index in [2.05, 4.69) is 12.2 Å². The average molecular weight is 404 g/mol. The summed E-state index contributed by atoms with van der Waals surface area (Å²) in [5.74, 6) is 1.10. The van der Waals surface area contributed by atoms with Crippen LogP contribution in [0.2, 0.25) is 0 Å². The predicted octanol–water partition coefficient (Wildman–Crippen LogP) is 3.23. The summed E-state index contributed by atoms with van der Waals surface area (Å²) >= 11 is 1.48. The second-order valence-corrected chi connectivity index (χ2v) is 7.97. The van der Waals surface area contributed by atoms with Gasteiger partial charge in [-0.3, -0.25) is 4.79 Å². The van der Waals surface area contributed by atoms with Crippen molar-refractivity contribution >= 4 is 23.2 Å². The largest absolute Gasteiger partial charge is 0.493 e. The van der Waals surface area contributed by atoms with Crippen molar-refractivity contribution in [2.24, 2.45) is 5.92 Å². The number of thiophene rings is 1. The zero-order chi connectivity index (χ0) is 19.9. The molecular weight excluding hydrogens is 378 g/mol. The van der Waals surface area contributed by atoms with E-state index in [1.807, 2.05) is 18.2 Å².